The highest BCUT2D eigenvalue weighted by atomic mass is 32.2. The molecule has 2 aromatic heterocycles. The third kappa shape index (κ3) is 4.52. The Labute approximate surface area is 184 Å². The second-order valence-corrected chi connectivity index (χ2v) is 10.00. The molecular formula is C23H22N4OS2. The van der Waals surface area contributed by atoms with Crippen molar-refractivity contribution in [1.29, 1.82) is 0 Å². The van der Waals surface area contributed by atoms with E-state index in [1.807, 2.05) is 24.3 Å². The van der Waals surface area contributed by atoms with Crippen molar-refractivity contribution >= 4 is 44.4 Å². The van der Waals surface area contributed by atoms with Gasteiger partial charge in [-0.1, -0.05) is 56.4 Å². The minimum absolute atomic E-state index is 0.0457. The number of amides is 1. The number of benzene rings is 2. The molecule has 4 rings (SSSR count). The van der Waals surface area contributed by atoms with E-state index < -0.39 is 0 Å². The SMILES string of the molecule is CC(=O)Nc1nc2ccc(-c3ccnc(Sc4ccccc4C(C)(C)C)n3)cc2s1. The van der Waals surface area contributed by atoms with Crippen LogP contribution in [-0.4, -0.2) is 20.9 Å². The Hall–Kier alpha value is -2.77. The van der Waals surface area contributed by atoms with Crippen LogP contribution in [0.4, 0.5) is 5.13 Å². The number of hydrogen-bond acceptors (Lipinski definition) is 6. The number of carbonyl (C=O) groups is 1. The topological polar surface area (TPSA) is 67.8 Å². The molecule has 1 amide bonds. The zero-order chi connectivity index (χ0) is 21.3. The fourth-order valence-corrected chi connectivity index (χ4v) is 5.15. The number of aromatic nitrogens is 3. The van der Waals surface area contributed by atoms with Crippen molar-refractivity contribution in [2.75, 3.05) is 5.32 Å². The first-order chi connectivity index (χ1) is 14.3. The standard InChI is InChI=1S/C23H22N4OS2/c1-14(28)25-22-27-18-10-9-15(13-20(18)30-22)17-11-12-24-21(26-17)29-19-8-6-5-7-16(19)23(2,3)4/h5-13H,1-4H3,(H,25,27,28). The lowest BCUT2D eigenvalue weighted by atomic mass is 9.87. The number of anilines is 1. The van der Waals surface area contributed by atoms with E-state index in [-0.39, 0.29) is 11.3 Å². The van der Waals surface area contributed by atoms with Crippen LogP contribution in [0.3, 0.4) is 0 Å². The normalized spacial score (nSPS) is 11.6. The molecular weight excluding hydrogens is 412 g/mol. The zero-order valence-corrected chi connectivity index (χ0v) is 18.9. The van der Waals surface area contributed by atoms with E-state index in [9.17, 15) is 4.79 Å². The second-order valence-electron chi connectivity index (χ2n) is 7.96. The summed E-state index contributed by atoms with van der Waals surface area (Å²) in [6, 6.07) is 16.3. The second kappa shape index (κ2) is 8.16. The van der Waals surface area contributed by atoms with Gasteiger partial charge in [0.25, 0.3) is 0 Å². The smallest absolute Gasteiger partial charge is 0.223 e. The average Bonchev–Trinajstić information content (AvgIpc) is 3.08. The Morgan fingerprint density at radius 2 is 1.87 bits per heavy atom. The number of nitrogens with zero attached hydrogens (tertiary/aromatic N) is 3. The molecule has 152 valence electrons. The maximum absolute atomic E-state index is 11.3. The van der Waals surface area contributed by atoms with E-state index in [0.29, 0.717) is 10.3 Å². The van der Waals surface area contributed by atoms with E-state index in [0.717, 1.165) is 21.5 Å². The highest BCUT2D eigenvalue weighted by Gasteiger charge is 2.18. The summed E-state index contributed by atoms with van der Waals surface area (Å²) in [5, 5.41) is 4.07. The molecule has 0 bridgehead atoms. The first-order valence-electron chi connectivity index (χ1n) is 9.58. The van der Waals surface area contributed by atoms with E-state index in [1.54, 1.807) is 18.0 Å². The first-order valence-corrected chi connectivity index (χ1v) is 11.2. The van der Waals surface area contributed by atoms with Crippen LogP contribution >= 0.6 is 23.1 Å². The summed E-state index contributed by atoms with van der Waals surface area (Å²) in [7, 11) is 0. The molecule has 0 saturated carbocycles. The molecule has 0 unspecified atom stereocenters. The molecule has 0 atom stereocenters. The van der Waals surface area contributed by atoms with Gasteiger partial charge in [0, 0.05) is 23.6 Å². The summed E-state index contributed by atoms with van der Waals surface area (Å²) in [5.74, 6) is -0.123. The number of thiazole rings is 1. The van der Waals surface area contributed by atoms with E-state index in [2.05, 4.69) is 60.3 Å². The van der Waals surface area contributed by atoms with Gasteiger partial charge in [0.1, 0.15) is 0 Å². The number of rotatable bonds is 4. The summed E-state index contributed by atoms with van der Waals surface area (Å²) < 4.78 is 1.00. The molecule has 2 heterocycles. The summed E-state index contributed by atoms with van der Waals surface area (Å²) in [6.07, 6.45) is 1.80. The molecule has 5 nitrogen and oxygen atoms in total. The van der Waals surface area contributed by atoms with Gasteiger partial charge in [-0.2, -0.15) is 0 Å². The molecule has 0 radical (unpaired) electrons. The lowest BCUT2D eigenvalue weighted by molar-refractivity contribution is -0.114. The van der Waals surface area contributed by atoms with Gasteiger partial charge in [0.2, 0.25) is 5.91 Å². The van der Waals surface area contributed by atoms with Gasteiger partial charge in [-0.3, -0.25) is 4.79 Å². The summed E-state index contributed by atoms with van der Waals surface area (Å²) in [6.45, 7) is 8.12. The Morgan fingerprint density at radius 3 is 2.63 bits per heavy atom. The van der Waals surface area contributed by atoms with Crippen molar-refractivity contribution in [1.82, 2.24) is 15.0 Å². The minimum atomic E-state index is -0.123. The molecule has 0 fully saturated rings. The Bertz CT molecular complexity index is 1230. The average molecular weight is 435 g/mol. The third-order valence-electron chi connectivity index (χ3n) is 4.50. The highest BCUT2D eigenvalue weighted by Crippen LogP contribution is 2.36. The maximum Gasteiger partial charge on any atom is 0.223 e. The zero-order valence-electron chi connectivity index (χ0n) is 17.3. The van der Waals surface area contributed by atoms with Crippen molar-refractivity contribution < 1.29 is 4.79 Å². The number of fused-ring (bicyclic) bond motifs is 1. The van der Waals surface area contributed by atoms with Gasteiger partial charge in [0.05, 0.1) is 15.9 Å². The maximum atomic E-state index is 11.3. The molecule has 0 saturated heterocycles. The van der Waals surface area contributed by atoms with Crippen LogP contribution in [0, 0.1) is 0 Å². The lowest BCUT2D eigenvalue weighted by Crippen LogP contribution is -2.12. The van der Waals surface area contributed by atoms with Crippen LogP contribution in [-0.2, 0) is 10.2 Å². The summed E-state index contributed by atoms with van der Waals surface area (Å²) >= 11 is 3.04. The van der Waals surface area contributed by atoms with E-state index >= 15 is 0 Å². The predicted molar refractivity (Wildman–Crippen MR) is 124 cm³/mol. The summed E-state index contributed by atoms with van der Waals surface area (Å²) in [5.41, 5.74) is 4.03. The minimum Gasteiger partial charge on any atom is -0.302 e. The Morgan fingerprint density at radius 1 is 1.07 bits per heavy atom. The highest BCUT2D eigenvalue weighted by molar-refractivity contribution is 7.99. The Kier molecular flexibility index (Phi) is 5.58. The number of nitrogens with one attached hydrogen (secondary N) is 1. The molecule has 30 heavy (non-hydrogen) atoms. The van der Waals surface area contributed by atoms with Crippen molar-refractivity contribution in [2.45, 2.75) is 43.2 Å². The lowest BCUT2D eigenvalue weighted by Gasteiger charge is -2.22. The largest absolute Gasteiger partial charge is 0.302 e. The third-order valence-corrected chi connectivity index (χ3v) is 6.39. The van der Waals surface area contributed by atoms with Gasteiger partial charge < -0.3 is 5.32 Å². The fraction of sp³-hybridized carbons (Fsp3) is 0.217. The molecule has 4 aromatic rings. The monoisotopic (exact) mass is 434 g/mol. The van der Waals surface area contributed by atoms with Crippen molar-refractivity contribution in [3.63, 3.8) is 0 Å². The van der Waals surface area contributed by atoms with Crippen LogP contribution in [0.15, 0.2) is 64.8 Å². The van der Waals surface area contributed by atoms with Gasteiger partial charge in [-0.25, -0.2) is 15.0 Å². The van der Waals surface area contributed by atoms with Gasteiger partial charge in [-0.15, -0.1) is 0 Å². The van der Waals surface area contributed by atoms with Crippen LogP contribution < -0.4 is 5.32 Å². The van der Waals surface area contributed by atoms with Crippen LogP contribution in [0.5, 0.6) is 0 Å². The molecule has 1 N–H and O–H groups in total. The van der Waals surface area contributed by atoms with E-state index in [1.165, 1.54) is 28.7 Å². The number of hydrogen-bond donors (Lipinski definition) is 1. The van der Waals surface area contributed by atoms with Crippen LogP contribution in [0.1, 0.15) is 33.3 Å². The molecule has 0 spiro atoms. The fourth-order valence-electron chi connectivity index (χ4n) is 3.11. The quantitative estimate of drug-likeness (QED) is 0.390. The van der Waals surface area contributed by atoms with Gasteiger partial charge in [-0.05, 0) is 47.0 Å². The van der Waals surface area contributed by atoms with E-state index in [4.69, 9.17) is 4.98 Å². The molecule has 0 aliphatic heterocycles. The molecule has 0 aliphatic rings. The molecule has 7 heteroatoms. The van der Waals surface area contributed by atoms with Crippen molar-refractivity contribution in [3.05, 3.63) is 60.3 Å². The van der Waals surface area contributed by atoms with Gasteiger partial charge >= 0.3 is 0 Å². The number of carbonyl (C=O) groups excluding carboxylic acids is 1. The van der Waals surface area contributed by atoms with Crippen molar-refractivity contribution in [2.24, 2.45) is 0 Å². The van der Waals surface area contributed by atoms with Crippen molar-refractivity contribution in [3.8, 4) is 11.3 Å². The molecule has 0 aliphatic carbocycles. The first kappa shape index (κ1) is 20.5. The summed E-state index contributed by atoms with van der Waals surface area (Å²) in [4.78, 5) is 26.2. The molecule has 2 aromatic carbocycles. The van der Waals surface area contributed by atoms with Gasteiger partial charge in [0.15, 0.2) is 10.3 Å². The van der Waals surface area contributed by atoms with Crippen LogP contribution in [0.25, 0.3) is 21.5 Å². The Balaban J connectivity index is 1.65. The van der Waals surface area contributed by atoms with Crippen LogP contribution in [0.2, 0.25) is 0 Å². The predicted octanol–water partition coefficient (Wildman–Crippen LogP) is 6.16.